The minimum Gasteiger partial charge on any atom is -0.394 e. The number of aliphatic hydroxyl groups excluding tert-OH is 1. The Morgan fingerprint density at radius 1 is 1.53 bits per heavy atom. The fraction of sp³-hybridized carbons (Fsp3) is 0.727. The summed E-state index contributed by atoms with van der Waals surface area (Å²) in [6.07, 6.45) is 0. The van der Waals surface area contributed by atoms with Gasteiger partial charge in [0.05, 0.1) is 24.7 Å². The molecule has 0 spiro atoms. The van der Waals surface area contributed by atoms with Crippen molar-refractivity contribution in [2.45, 2.75) is 26.8 Å². The van der Waals surface area contributed by atoms with Gasteiger partial charge in [-0.15, -0.1) is 0 Å². The van der Waals surface area contributed by atoms with Crippen LogP contribution < -0.4 is 5.32 Å². The van der Waals surface area contributed by atoms with E-state index in [0.29, 0.717) is 24.7 Å². The van der Waals surface area contributed by atoms with Crippen molar-refractivity contribution in [1.29, 1.82) is 0 Å². The average molecular weight is 272 g/mol. The molecule has 8 nitrogen and oxygen atoms in total. The van der Waals surface area contributed by atoms with Gasteiger partial charge in [-0.3, -0.25) is 10.1 Å². The van der Waals surface area contributed by atoms with E-state index >= 15 is 0 Å². The zero-order valence-electron chi connectivity index (χ0n) is 11.4. The van der Waals surface area contributed by atoms with Crippen LogP contribution in [0.25, 0.3) is 0 Å². The Morgan fingerprint density at radius 3 is 2.74 bits per heavy atom. The van der Waals surface area contributed by atoms with Crippen LogP contribution in [0.1, 0.15) is 25.6 Å². The summed E-state index contributed by atoms with van der Waals surface area (Å²) in [6, 6.07) is 0.0215. The Balaban J connectivity index is 2.81. The fourth-order valence-corrected chi connectivity index (χ4v) is 1.70. The molecule has 108 valence electrons. The molecule has 8 heteroatoms. The summed E-state index contributed by atoms with van der Waals surface area (Å²) in [5, 5.41) is 26.8. The highest BCUT2D eigenvalue weighted by molar-refractivity contribution is 5.59. The highest BCUT2D eigenvalue weighted by Crippen LogP contribution is 2.30. The first-order valence-corrected chi connectivity index (χ1v) is 6.15. The van der Waals surface area contributed by atoms with Gasteiger partial charge < -0.3 is 15.2 Å². The van der Waals surface area contributed by atoms with E-state index in [1.807, 2.05) is 13.8 Å². The summed E-state index contributed by atoms with van der Waals surface area (Å²) in [5.74, 6) is 0.394. The SMILES string of the molecule is Cc1nn(C(C)C)c(NCCOCCO)c1[N+](=O)[O-]. The standard InChI is InChI=1S/C11H20N4O4/c1-8(2)14-11(12-4-6-19-7-5-16)10(15(17)18)9(3)13-14/h8,12,16H,4-7H2,1-3H3. The van der Waals surface area contributed by atoms with E-state index in [9.17, 15) is 10.1 Å². The molecule has 0 aromatic carbocycles. The first-order valence-electron chi connectivity index (χ1n) is 6.15. The molecule has 19 heavy (non-hydrogen) atoms. The Morgan fingerprint density at radius 2 is 2.21 bits per heavy atom. The van der Waals surface area contributed by atoms with Crippen molar-refractivity contribution < 1.29 is 14.8 Å². The second kappa shape index (κ2) is 7.05. The number of nitrogens with one attached hydrogen (secondary N) is 1. The lowest BCUT2D eigenvalue weighted by Gasteiger charge is -2.11. The van der Waals surface area contributed by atoms with Gasteiger partial charge in [0.2, 0.25) is 5.82 Å². The van der Waals surface area contributed by atoms with Crippen molar-refractivity contribution in [2.75, 3.05) is 31.7 Å². The monoisotopic (exact) mass is 272 g/mol. The number of anilines is 1. The van der Waals surface area contributed by atoms with E-state index in [0.717, 1.165) is 0 Å². The highest BCUT2D eigenvalue weighted by Gasteiger charge is 2.25. The van der Waals surface area contributed by atoms with Crippen molar-refractivity contribution in [3.8, 4) is 0 Å². The van der Waals surface area contributed by atoms with Crippen LogP contribution in [0.4, 0.5) is 11.5 Å². The summed E-state index contributed by atoms with van der Waals surface area (Å²) in [6.45, 7) is 6.42. The molecule has 2 N–H and O–H groups in total. The number of nitrogens with zero attached hydrogens (tertiary/aromatic N) is 3. The van der Waals surface area contributed by atoms with E-state index in [2.05, 4.69) is 10.4 Å². The third-order valence-corrected chi connectivity index (χ3v) is 2.50. The lowest BCUT2D eigenvalue weighted by molar-refractivity contribution is -0.384. The number of ether oxygens (including phenoxy) is 1. The first-order chi connectivity index (χ1) is 8.99. The van der Waals surface area contributed by atoms with Crippen LogP contribution in [0, 0.1) is 17.0 Å². The van der Waals surface area contributed by atoms with Crippen LogP contribution in [0.3, 0.4) is 0 Å². The first kappa shape index (κ1) is 15.4. The zero-order chi connectivity index (χ0) is 14.4. The van der Waals surface area contributed by atoms with Crippen molar-refractivity contribution in [3.05, 3.63) is 15.8 Å². The molecule has 1 aromatic heterocycles. The predicted octanol–water partition coefficient (Wildman–Crippen LogP) is 1.10. The number of nitro groups is 1. The predicted molar refractivity (Wildman–Crippen MR) is 70.4 cm³/mol. The number of aryl methyl sites for hydroxylation is 1. The number of hydrogen-bond acceptors (Lipinski definition) is 6. The van der Waals surface area contributed by atoms with Gasteiger partial charge in [-0.1, -0.05) is 0 Å². The van der Waals surface area contributed by atoms with Gasteiger partial charge in [0, 0.05) is 12.6 Å². The van der Waals surface area contributed by atoms with E-state index < -0.39 is 4.92 Å². The third kappa shape index (κ3) is 3.90. The van der Waals surface area contributed by atoms with E-state index in [1.165, 1.54) is 0 Å². The fourth-order valence-electron chi connectivity index (χ4n) is 1.70. The molecule has 0 unspecified atom stereocenters. The molecule has 0 saturated carbocycles. The maximum atomic E-state index is 11.1. The molecule has 0 saturated heterocycles. The summed E-state index contributed by atoms with van der Waals surface area (Å²) < 4.78 is 6.70. The molecule has 1 rings (SSSR count). The molecule has 0 bridgehead atoms. The molecule has 0 amide bonds. The Labute approximate surface area is 111 Å². The molecule has 0 fully saturated rings. The molecule has 0 aliphatic heterocycles. The summed E-state index contributed by atoms with van der Waals surface area (Å²) >= 11 is 0. The van der Waals surface area contributed by atoms with Gasteiger partial charge in [-0.2, -0.15) is 5.10 Å². The number of aromatic nitrogens is 2. The summed E-state index contributed by atoms with van der Waals surface area (Å²) in [5.41, 5.74) is 0.383. The second-order valence-corrected chi connectivity index (χ2v) is 4.34. The number of hydrogen-bond donors (Lipinski definition) is 2. The Kier molecular flexibility index (Phi) is 5.71. The van der Waals surface area contributed by atoms with Crippen LogP contribution >= 0.6 is 0 Å². The molecular formula is C11H20N4O4. The van der Waals surface area contributed by atoms with E-state index in [1.54, 1.807) is 11.6 Å². The summed E-state index contributed by atoms with van der Waals surface area (Å²) in [7, 11) is 0. The molecule has 0 aliphatic rings. The number of rotatable bonds is 8. The number of aliphatic hydroxyl groups is 1. The van der Waals surface area contributed by atoms with Gasteiger partial charge in [-0.05, 0) is 20.8 Å². The van der Waals surface area contributed by atoms with Gasteiger partial charge in [0.25, 0.3) is 0 Å². The molecule has 1 heterocycles. The van der Waals surface area contributed by atoms with Crippen LogP contribution in [0.5, 0.6) is 0 Å². The lowest BCUT2D eigenvalue weighted by atomic mass is 10.3. The van der Waals surface area contributed by atoms with E-state index in [-0.39, 0.29) is 24.9 Å². The molecular weight excluding hydrogens is 252 g/mol. The lowest BCUT2D eigenvalue weighted by Crippen LogP contribution is -2.16. The van der Waals surface area contributed by atoms with Crippen molar-refractivity contribution in [1.82, 2.24) is 9.78 Å². The van der Waals surface area contributed by atoms with Crippen molar-refractivity contribution in [2.24, 2.45) is 0 Å². The minimum atomic E-state index is -0.432. The zero-order valence-corrected chi connectivity index (χ0v) is 11.4. The highest BCUT2D eigenvalue weighted by atomic mass is 16.6. The molecule has 0 radical (unpaired) electrons. The van der Waals surface area contributed by atoms with Crippen LogP contribution in [0.15, 0.2) is 0 Å². The topological polar surface area (TPSA) is 102 Å². The minimum absolute atomic E-state index is 0.00384. The quantitative estimate of drug-likeness (QED) is 0.417. The van der Waals surface area contributed by atoms with Crippen LogP contribution in [0.2, 0.25) is 0 Å². The normalized spacial score (nSPS) is 11.0. The van der Waals surface area contributed by atoms with Gasteiger partial charge >= 0.3 is 5.69 Å². The van der Waals surface area contributed by atoms with Gasteiger partial charge in [0.1, 0.15) is 5.69 Å². The molecule has 0 atom stereocenters. The van der Waals surface area contributed by atoms with Gasteiger partial charge in [0.15, 0.2) is 0 Å². The Bertz CT molecular complexity index is 431. The van der Waals surface area contributed by atoms with Crippen LogP contribution in [-0.2, 0) is 4.74 Å². The van der Waals surface area contributed by atoms with Crippen LogP contribution in [-0.4, -0.2) is 46.2 Å². The van der Waals surface area contributed by atoms with E-state index in [4.69, 9.17) is 9.84 Å². The third-order valence-electron chi connectivity index (χ3n) is 2.50. The average Bonchev–Trinajstić information content (AvgIpc) is 2.66. The molecule has 1 aromatic rings. The smallest absolute Gasteiger partial charge is 0.333 e. The maximum absolute atomic E-state index is 11.1. The molecule has 0 aliphatic carbocycles. The largest absolute Gasteiger partial charge is 0.394 e. The second-order valence-electron chi connectivity index (χ2n) is 4.34. The Hall–Kier alpha value is -1.67. The van der Waals surface area contributed by atoms with Gasteiger partial charge in [-0.25, -0.2) is 4.68 Å². The van der Waals surface area contributed by atoms with Crippen molar-refractivity contribution >= 4 is 11.5 Å². The maximum Gasteiger partial charge on any atom is 0.333 e. The summed E-state index contributed by atoms with van der Waals surface area (Å²) in [4.78, 5) is 10.6. The van der Waals surface area contributed by atoms with Crippen molar-refractivity contribution in [3.63, 3.8) is 0 Å².